The van der Waals surface area contributed by atoms with Crippen LogP contribution in [0.3, 0.4) is 0 Å². The van der Waals surface area contributed by atoms with Gasteiger partial charge in [-0.1, -0.05) is 30.7 Å². The molecule has 0 aliphatic carbocycles. The quantitative estimate of drug-likeness (QED) is 0.847. The molecule has 1 N–H and O–H groups in total. The Bertz CT molecular complexity index is 499. The fourth-order valence-corrected chi connectivity index (χ4v) is 2.04. The molecule has 0 radical (unpaired) electrons. The molecule has 0 fully saturated rings. The van der Waals surface area contributed by atoms with Crippen LogP contribution in [0.25, 0.3) is 0 Å². The summed E-state index contributed by atoms with van der Waals surface area (Å²) >= 11 is 6.19. The Morgan fingerprint density at radius 1 is 1.37 bits per heavy atom. The summed E-state index contributed by atoms with van der Waals surface area (Å²) in [5, 5.41) is 8.06. The maximum atomic E-state index is 6.19. The van der Waals surface area contributed by atoms with Gasteiger partial charge in [0.2, 0.25) is 0 Å². The van der Waals surface area contributed by atoms with Crippen LogP contribution in [0.15, 0.2) is 36.7 Å². The van der Waals surface area contributed by atoms with Gasteiger partial charge >= 0.3 is 0 Å². The van der Waals surface area contributed by atoms with Crippen LogP contribution >= 0.6 is 11.6 Å². The van der Waals surface area contributed by atoms with Crippen molar-refractivity contribution in [3.05, 3.63) is 47.2 Å². The molecule has 0 saturated carbocycles. The molecule has 4 nitrogen and oxygen atoms in total. The number of nitrogens with zero attached hydrogens (tertiary/aromatic N) is 2. The molecule has 0 amide bonds. The molecular weight excluding hydrogens is 262 g/mol. The first kappa shape index (κ1) is 13.9. The fourth-order valence-electron chi connectivity index (χ4n) is 1.79. The van der Waals surface area contributed by atoms with Gasteiger partial charge in [-0.3, -0.25) is 4.68 Å². The molecule has 19 heavy (non-hydrogen) atoms. The Hall–Kier alpha value is -1.52. The number of para-hydroxylation sites is 1. The summed E-state index contributed by atoms with van der Waals surface area (Å²) in [7, 11) is 0. The highest BCUT2D eigenvalue weighted by molar-refractivity contribution is 6.32. The van der Waals surface area contributed by atoms with Gasteiger partial charge in [0.15, 0.2) is 0 Å². The molecular formula is C14H18ClN3O. The van der Waals surface area contributed by atoms with E-state index in [4.69, 9.17) is 16.3 Å². The van der Waals surface area contributed by atoms with Gasteiger partial charge in [0.1, 0.15) is 12.4 Å². The molecule has 0 aliphatic rings. The molecule has 2 rings (SSSR count). The van der Waals surface area contributed by atoms with Gasteiger partial charge in [-0.05, 0) is 18.7 Å². The number of halogens is 1. The summed E-state index contributed by atoms with van der Waals surface area (Å²) < 4.78 is 7.64. The molecule has 1 aromatic heterocycles. The zero-order valence-corrected chi connectivity index (χ0v) is 11.7. The van der Waals surface area contributed by atoms with Crippen LogP contribution in [0.4, 0.5) is 0 Å². The van der Waals surface area contributed by atoms with Crippen molar-refractivity contribution in [2.75, 3.05) is 13.2 Å². The van der Waals surface area contributed by atoms with E-state index in [1.807, 2.05) is 35.1 Å². The summed E-state index contributed by atoms with van der Waals surface area (Å²) in [6.07, 6.45) is 3.67. The number of benzene rings is 1. The number of rotatable bonds is 7. The average molecular weight is 280 g/mol. The normalized spacial score (nSPS) is 10.6. The zero-order valence-electron chi connectivity index (χ0n) is 11.0. The second kappa shape index (κ2) is 7.16. The van der Waals surface area contributed by atoms with Gasteiger partial charge in [-0.15, -0.1) is 0 Å². The van der Waals surface area contributed by atoms with Gasteiger partial charge < -0.3 is 10.1 Å². The summed E-state index contributed by atoms with van der Waals surface area (Å²) in [4.78, 5) is 0. The molecule has 0 atom stereocenters. The summed E-state index contributed by atoms with van der Waals surface area (Å²) in [6.45, 7) is 5.00. The van der Waals surface area contributed by atoms with Crippen molar-refractivity contribution in [2.24, 2.45) is 0 Å². The predicted octanol–water partition coefficient (Wildman–Crippen LogP) is 2.73. The summed E-state index contributed by atoms with van der Waals surface area (Å²) in [5.74, 6) is 0.761. The first-order valence-corrected chi connectivity index (χ1v) is 6.77. The minimum absolute atomic E-state index is 0.546. The lowest BCUT2D eigenvalue weighted by Gasteiger charge is -2.13. The SMILES string of the molecule is CCNCc1cccc(Cl)c1OCCn1cccn1. The Balaban J connectivity index is 1.97. The van der Waals surface area contributed by atoms with Crippen molar-refractivity contribution in [3.63, 3.8) is 0 Å². The topological polar surface area (TPSA) is 39.1 Å². The van der Waals surface area contributed by atoms with E-state index in [-0.39, 0.29) is 0 Å². The van der Waals surface area contributed by atoms with Gasteiger partial charge in [0.25, 0.3) is 0 Å². The molecule has 1 aromatic carbocycles. The van der Waals surface area contributed by atoms with Gasteiger partial charge in [0.05, 0.1) is 11.6 Å². The van der Waals surface area contributed by atoms with Gasteiger partial charge in [-0.25, -0.2) is 0 Å². The van der Waals surface area contributed by atoms with Crippen molar-refractivity contribution in [1.29, 1.82) is 0 Å². The Morgan fingerprint density at radius 3 is 3.00 bits per heavy atom. The van der Waals surface area contributed by atoms with Crippen LogP contribution in [-0.2, 0) is 13.1 Å². The largest absolute Gasteiger partial charge is 0.490 e. The third kappa shape index (κ3) is 3.98. The Labute approximate surface area is 118 Å². The van der Waals surface area contributed by atoms with E-state index < -0.39 is 0 Å². The van der Waals surface area contributed by atoms with Crippen molar-refractivity contribution in [1.82, 2.24) is 15.1 Å². The van der Waals surface area contributed by atoms with Crippen molar-refractivity contribution < 1.29 is 4.74 Å². The standard InChI is InChI=1S/C14H18ClN3O/c1-2-16-11-12-5-3-6-13(15)14(12)19-10-9-18-8-4-7-17-18/h3-8,16H,2,9-11H2,1H3. The lowest BCUT2D eigenvalue weighted by atomic mass is 10.2. The minimum atomic E-state index is 0.546. The smallest absolute Gasteiger partial charge is 0.142 e. The molecule has 0 spiro atoms. The van der Waals surface area contributed by atoms with E-state index in [9.17, 15) is 0 Å². The van der Waals surface area contributed by atoms with Crippen LogP contribution in [0.5, 0.6) is 5.75 Å². The maximum Gasteiger partial charge on any atom is 0.142 e. The fraction of sp³-hybridized carbons (Fsp3) is 0.357. The molecule has 0 bridgehead atoms. The Kier molecular flexibility index (Phi) is 5.24. The van der Waals surface area contributed by atoms with Gasteiger partial charge in [0, 0.05) is 24.5 Å². The van der Waals surface area contributed by atoms with E-state index in [2.05, 4.69) is 17.3 Å². The first-order chi connectivity index (χ1) is 9.31. The van der Waals surface area contributed by atoms with Crippen molar-refractivity contribution in [3.8, 4) is 5.75 Å². The van der Waals surface area contributed by atoms with E-state index in [1.54, 1.807) is 6.20 Å². The van der Waals surface area contributed by atoms with Crippen LogP contribution in [0.1, 0.15) is 12.5 Å². The van der Waals surface area contributed by atoms with Gasteiger partial charge in [-0.2, -0.15) is 5.10 Å². The van der Waals surface area contributed by atoms with E-state index in [1.165, 1.54) is 0 Å². The zero-order chi connectivity index (χ0) is 13.5. The second-order valence-electron chi connectivity index (χ2n) is 4.13. The van der Waals surface area contributed by atoms with Crippen LogP contribution < -0.4 is 10.1 Å². The summed E-state index contributed by atoms with van der Waals surface area (Å²) in [6, 6.07) is 7.71. The van der Waals surface area contributed by atoms with Crippen LogP contribution in [0, 0.1) is 0 Å². The lowest BCUT2D eigenvalue weighted by Crippen LogP contribution is -2.14. The Morgan fingerprint density at radius 2 is 2.26 bits per heavy atom. The first-order valence-electron chi connectivity index (χ1n) is 6.39. The lowest BCUT2D eigenvalue weighted by molar-refractivity contribution is 0.288. The van der Waals surface area contributed by atoms with E-state index >= 15 is 0 Å². The van der Waals surface area contributed by atoms with E-state index in [0.29, 0.717) is 18.2 Å². The number of hydrogen-bond acceptors (Lipinski definition) is 3. The van der Waals surface area contributed by atoms with Crippen molar-refractivity contribution in [2.45, 2.75) is 20.0 Å². The number of hydrogen-bond donors (Lipinski definition) is 1. The molecule has 5 heteroatoms. The third-order valence-electron chi connectivity index (χ3n) is 2.74. The molecule has 102 valence electrons. The monoisotopic (exact) mass is 279 g/mol. The van der Waals surface area contributed by atoms with Crippen LogP contribution in [0.2, 0.25) is 5.02 Å². The number of aromatic nitrogens is 2. The average Bonchev–Trinajstić information content (AvgIpc) is 2.92. The van der Waals surface area contributed by atoms with Crippen LogP contribution in [-0.4, -0.2) is 22.9 Å². The highest BCUT2D eigenvalue weighted by Gasteiger charge is 2.08. The van der Waals surface area contributed by atoms with Crippen molar-refractivity contribution >= 4 is 11.6 Å². The highest BCUT2D eigenvalue weighted by Crippen LogP contribution is 2.28. The third-order valence-corrected chi connectivity index (χ3v) is 3.04. The number of nitrogens with one attached hydrogen (secondary N) is 1. The number of ether oxygens (including phenoxy) is 1. The highest BCUT2D eigenvalue weighted by atomic mass is 35.5. The molecule has 0 aliphatic heterocycles. The minimum Gasteiger partial charge on any atom is -0.490 e. The molecule has 2 aromatic rings. The second-order valence-corrected chi connectivity index (χ2v) is 4.53. The molecule has 1 heterocycles. The maximum absolute atomic E-state index is 6.19. The predicted molar refractivity (Wildman–Crippen MR) is 76.6 cm³/mol. The summed E-state index contributed by atoms with van der Waals surface area (Å²) in [5.41, 5.74) is 1.08. The molecule has 0 unspecified atom stereocenters. The molecule has 0 saturated heterocycles. The van der Waals surface area contributed by atoms with E-state index in [0.717, 1.165) is 24.4 Å².